The van der Waals surface area contributed by atoms with Gasteiger partial charge in [-0.15, -0.1) is 0 Å². The predicted octanol–water partition coefficient (Wildman–Crippen LogP) is 4.36. The highest BCUT2D eigenvalue weighted by Crippen LogP contribution is 2.25. The van der Waals surface area contributed by atoms with E-state index in [-0.39, 0.29) is 0 Å². The Hall–Kier alpha value is -1.19. The monoisotopic (exact) mass is 338 g/mol. The normalized spacial score (nSPS) is 10.5. The summed E-state index contributed by atoms with van der Waals surface area (Å²) in [4.78, 5) is 2.15. The van der Waals surface area contributed by atoms with Crippen LogP contribution in [0.25, 0.3) is 0 Å². The number of nitrogen functional groups attached to an aromatic ring is 1. The molecule has 0 aromatic heterocycles. The molecule has 0 radical (unpaired) electrons. The van der Waals surface area contributed by atoms with Crippen molar-refractivity contribution in [1.82, 2.24) is 0 Å². The van der Waals surface area contributed by atoms with Gasteiger partial charge in [-0.3, -0.25) is 0 Å². The minimum Gasteiger partial charge on any atom is -0.397 e. The van der Waals surface area contributed by atoms with Crippen molar-refractivity contribution in [3.8, 4) is 0 Å². The first-order chi connectivity index (χ1) is 9.06. The Morgan fingerprint density at radius 2 is 1.84 bits per heavy atom. The van der Waals surface area contributed by atoms with E-state index < -0.39 is 0 Å². The molecule has 0 heterocycles. The van der Waals surface area contributed by atoms with Gasteiger partial charge in [-0.25, -0.2) is 0 Å². The molecule has 0 bridgehead atoms. The third-order valence-electron chi connectivity index (χ3n) is 3.05. The fraction of sp³-hybridized carbons (Fsp3) is 0.200. The number of likely N-dealkylation sites (N-methyl/N-ethyl adjacent to an activating group) is 1. The largest absolute Gasteiger partial charge is 0.397 e. The molecule has 2 aromatic carbocycles. The van der Waals surface area contributed by atoms with Gasteiger partial charge in [0.15, 0.2) is 0 Å². The molecule has 0 fully saturated rings. The number of nitrogens with two attached hydrogens (primary N) is 1. The van der Waals surface area contributed by atoms with Crippen molar-refractivity contribution in [1.29, 1.82) is 0 Å². The SMILES string of the molecule is CN(CCc1ccc(Br)cc1)c1ccc(Cl)cc1N. The highest BCUT2D eigenvalue weighted by Gasteiger charge is 2.06. The predicted molar refractivity (Wildman–Crippen MR) is 87.0 cm³/mol. The summed E-state index contributed by atoms with van der Waals surface area (Å²) >= 11 is 9.35. The summed E-state index contributed by atoms with van der Waals surface area (Å²) in [5.41, 5.74) is 9.02. The van der Waals surface area contributed by atoms with Crippen molar-refractivity contribution in [3.63, 3.8) is 0 Å². The lowest BCUT2D eigenvalue weighted by atomic mass is 10.1. The van der Waals surface area contributed by atoms with Gasteiger partial charge in [-0.05, 0) is 42.3 Å². The summed E-state index contributed by atoms with van der Waals surface area (Å²) in [7, 11) is 2.04. The molecule has 0 aliphatic carbocycles. The number of rotatable bonds is 4. The van der Waals surface area contributed by atoms with E-state index in [0.717, 1.165) is 23.1 Å². The number of benzene rings is 2. The molecule has 0 saturated carbocycles. The highest BCUT2D eigenvalue weighted by molar-refractivity contribution is 9.10. The molecule has 0 amide bonds. The molecule has 2 rings (SSSR count). The molecule has 0 atom stereocenters. The van der Waals surface area contributed by atoms with Crippen LogP contribution in [0.1, 0.15) is 5.56 Å². The summed E-state index contributed by atoms with van der Waals surface area (Å²) in [5.74, 6) is 0. The molecule has 2 aromatic rings. The van der Waals surface area contributed by atoms with E-state index in [0.29, 0.717) is 10.7 Å². The average Bonchev–Trinajstić information content (AvgIpc) is 2.37. The lowest BCUT2D eigenvalue weighted by molar-refractivity contribution is 0.878. The van der Waals surface area contributed by atoms with Crippen molar-refractivity contribution in [2.24, 2.45) is 0 Å². The van der Waals surface area contributed by atoms with Crippen LogP contribution in [0.5, 0.6) is 0 Å². The second kappa shape index (κ2) is 6.31. The molecule has 4 heteroatoms. The van der Waals surface area contributed by atoms with E-state index >= 15 is 0 Å². The first-order valence-corrected chi connectivity index (χ1v) is 7.24. The Kier molecular flexibility index (Phi) is 4.72. The Morgan fingerprint density at radius 3 is 2.47 bits per heavy atom. The second-order valence-corrected chi connectivity index (χ2v) is 5.85. The lowest BCUT2D eigenvalue weighted by Crippen LogP contribution is -2.21. The molecule has 0 aliphatic heterocycles. The van der Waals surface area contributed by atoms with Crippen LogP contribution in [0.2, 0.25) is 5.02 Å². The first kappa shape index (κ1) is 14.2. The van der Waals surface area contributed by atoms with Gasteiger partial charge in [0.2, 0.25) is 0 Å². The second-order valence-electron chi connectivity index (χ2n) is 4.50. The van der Waals surface area contributed by atoms with Gasteiger partial charge in [0.1, 0.15) is 0 Å². The number of nitrogens with zero attached hydrogens (tertiary/aromatic N) is 1. The Bertz CT molecular complexity index is 555. The fourth-order valence-corrected chi connectivity index (χ4v) is 2.39. The quantitative estimate of drug-likeness (QED) is 0.838. The van der Waals surface area contributed by atoms with E-state index in [1.54, 1.807) is 6.07 Å². The van der Waals surface area contributed by atoms with Gasteiger partial charge < -0.3 is 10.6 Å². The molecule has 19 heavy (non-hydrogen) atoms. The van der Waals surface area contributed by atoms with E-state index in [9.17, 15) is 0 Å². The third kappa shape index (κ3) is 3.88. The minimum absolute atomic E-state index is 0.669. The van der Waals surface area contributed by atoms with Crippen molar-refractivity contribution in [2.45, 2.75) is 6.42 Å². The Morgan fingerprint density at radius 1 is 1.16 bits per heavy atom. The van der Waals surface area contributed by atoms with Crippen molar-refractivity contribution in [3.05, 3.63) is 57.5 Å². The van der Waals surface area contributed by atoms with E-state index in [1.807, 2.05) is 19.2 Å². The average molecular weight is 340 g/mol. The lowest BCUT2D eigenvalue weighted by Gasteiger charge is -2.21. The number of halogens is 2. The zero-order valence-corrected chi connectivity index (χ0v) is 13.1. The summed E-state index contributed by atoms with van der Waals surface area (Å²) < 4.78 is 1.10. The van der Waals surface area contributed by atoms with Crippen molar-refractivity contribution < 1.29 is 0 Å². The third-order valence-corrected chi connectivity index (χ3v) is 3.81. The summed E-state index contributed by atoms with van der Waals surface area (Å²) in [6.07, 6.45) is 0.978. The van der Waals surface area contributed by atoms with Crippen LogP contribution in [0.3, 0.4) is 0 Å². The van der Waals surface area contributed by atoms with Crippen LogP contribution in [-0.4, -0.2) is 13.6 Å². The summed E-state index contributed by atoms with van der Waals surface area (Å²) in [6, 6.07) is 14.0. The maximum Gasteiger partial charge on any atom is 0.0598 e. The highest BCUT2D eigenvalue weighted by atomic mass is 79.9. The van der Waals surface area contributed by atoms with Crippen LogP contribution in [0, 0.1) is 0 Å². The van der Waals surface area contributed by atoms with Crippen molar-refractivity contribution in [2.75, 3.05) is 24.2 Å². The Balaban J connectivity index is 2.01. The molecule has 0 unspecified atom stereocenters. The zero-order valence-electron chi connectivity index (χ0n) is 10.7. The molecular formula is C15H16BrClN2. The number of hydrogen-bond acceptors (Lipinski definition) is 2. The van der Waals surface area contributed by atoms with Crippen LogP contribution in [0.4, 0.5) is 11.4 Å². The molecular weight excluding hydrogens is 324 g/mol. The van der Waals surface area contributed by atoms with Gasteiger partial charge in [0.25, 0.3) is 0 Å². The number of hydrogen-bond donors (Lipinski definition) is 1. The summed E-state index contributed by atoms with van der Waals surface area (Å²) in [6.45, 7) is 0.910. The molecule has 0 aliphatic rings. The molecule has 100 valence electrons. The van der Waals surface area contributed by atoms with E-state index in [1.165, 1.54) is 5.56 Å². The molecule has 0 saturated heterocycles. The number of anilines is 2. The Labute approximate surface area is 127 Å². The molecule has 2 nitrogen and oxygen atoms in total. The minimum atomic E-state index is 0.669. The van der Waals surface area contributed by atoms with Gasteiger partial charge in [-0.2, -0.15) is 0 Å². The van der Waals surface area contributed by atoms with E-state index in [2.05, 4.69) is 45.1 Å². The van der Waals surface area contributed by atoms with Gasteiger partial charge in [-0.1, -0.05) is 39.7 Å². The van der Waals surface area contributed by atoms with Crippen LogP contribution < -0.4 is 10.6 Å². The fourth-order valence-electron chi connectivity index (χ4n) is 1.94. The van der Waals surface area contributed by atoms with Crippen LogP contribution >= 0.6 is 27.5 Å². The maximum atomic E-state index is 5.98. The van der Waals surface area contributed by atoms with Crippen LogP contribution in [0.15, 0.2) is 46.9 Å². The topological polar surface area (TPSA) is 29.3 Å². The first-order valence-electron chi connectivity index (χ1n) is 6.07. The van der Waals surface area contributed by atoms with E-state index in [4.69, 9.17) is 17.3 Å². The summed E-state index contributed by atoms with van der Waals surface area (Å²) in [5, 5.41) is 0.669. The smallest absolute Gasteiger partial charge is 0.0598 e. The van der Waals surface area contributed by atoms with Crippen LogP contribution in [-0.2, 0) is 6.42 Å². The standard InChI is InChI=1S/C15H16BrClN2/c1-19(15-7-6-13(17)10-14(15)18)9-8-11-2-4-12(16)5-3-11/h2-7,10H,8-9,18H2,1H3. The van der Waals surface area contributed by atoms with Gasteiger partial charge in [0.05, 0.1) is 11.4 Å². The molecule has 2 N–H and O–H groups in total. The molecule has 0 spiro atoms. The van der Waals surface area contributed by atoms with Gasteiger partial charge >= 0.3 is 0 Å². The maximum absolute atomic E-state index is 5.98. The van der Waals surface area contributed by atoms with Crippen molar-refractivity contribution >= 4 is 38.9 Å². The van der Waals surface area contributed by atoms with Gasteiger partial charge in [0, 0.05) is 23.1 Å². The zero-order chi connectivity index (χ0) is 13.8.